The topological polar surface area (TPSA) is 54.0 Å². The summed E-state index contributed by atoms with van der Waals surface area (Å²) >= 11 is 0. The summed E-state index contributed by atoms with van der Waals surface area (Å²) < 4.78 is 37.0. The van der Waals surface area contributed by atoms with Gasteiger partial charge in [-0.2, -0.15) is 0 Å². The summed E-state index contributed by atoms with van der Waals surface area (Å²) in [6.07, 6.45) is 0. The molecule has 1 heterocycles. The molecule has 3 rings (SSSR count). The lowest BCUT2D eigenvalue weighted by Gasteiger charge is -2.34. The predicted octanol–water partition coefficient (Wildman–Crippen LogP) is 3.05. The van der Waals surface area contributed by atoms with Crippen LogP contribution in [-0.4, -0.2) is 62.7 Å². The minimum Gasteiger partial charge on any atom is -0.493 e. The van der Waals surface area contributed by atoms with Gasteiger partial charge in [-0.1, -0.05) is 0 Å². The van der Waals surface area contributed by atoms with E-state index >= 15 is 0 Å². The van der Waals surface area contributed by atoms with Crippen molar-refractivity contribution in [2.24, 2.45) is 0 Å². The zero-order valence-corrected chi connectivity index (χ0v) is 17.5. The molecule has 0 bridgehead atoms. The number of anilines is 1. The minimum atomic E-state index is -0.980. The number of aryl methyl sites for hydroxylation is 1. The first kappa shape index (κ1) is 22.0. The molecule has 0 spiro atoms. The molecular weight excluding hydrogens is 392 g/mol. The van der Waals surface area contributed by atoms with Crippen LogP contribution in [0, 0.1) is 18.6 Å². The Bertz CT molecular complexity index is 899. The molecule has 0 radical (unpaired) electrons. The maximum absolute atomic E-state index is 13.3. The van der Waals surface area contributed by atoms with Crippen molar-refractivity contribution in [3.05, 3.63) is 53.1 Å². The quantitative estimate of drug-likeness (QED) is 0.748. The van der Waals surface area contributed by atoms with E-state index in [0.29, 0.717) is 5.75 Å². The number of carbonyl (C=O) groups excluding carboxylic acids is 1. The number of nitrogens with one attached hydrogen (secondary N) is 1. The number of carbonyl (C=O) groups is 1. The molecule has 6 nitrogen and oxygen atoms in total. The van der Waals surface area contributed by atoms with Crippen molar-refractivity contribution in [3.63, 3.8) is 0 Å². The summed E-state index contributed by atoms with van der Waals surface area (Å²) in [6, 6.07) is 7.32. The van der Waals surface area contributed by atoms with Gasteiger partial charge in [0.05, 0.1) is 20.8 Å². The number of rotatable bonds is 7. The number of halogens is 2. The first-order valence-electron chi connectivity index (χ1n) is 9.80. The van der Waals surface area contributed by atoms with Crippen molar-refractivity contribution in [2.75, 3.05) is 52.3 Å². The van der Waals surface area contributed by atoms with Crippen LogP contribution in [0.5, 0.6) is 11.5 Å². The average molecular weight is 419 g/mol. The molecule has 1 aliphatic rings. The van der Waals surface area contributed by atoms with Crippen LogP contribution in [0.25, 0.3) is 0 Å². The first-order valence-corrected chi connectivity index (χ1v) is 9.80. The number of nitrogens with zero attached hydrogens (tertiary/aromatic N) is 2. The molecule has 162 valence electrons. The van der Waals surface area contributed by atoms with Gasteiger partial charge in [0.15, 0.2) is 23.1 Å². The van der Waals surface area contributed by atoms with Crippen LogP contribution in [0.15, 0.2) is 30.3 Å². The van der Waals surface area contributed by atoms with Crippen LogP contribution in [0.2, 0.25) is 0 Å². The number of ether oxygens (including phenoxy) is 2. The van der Waals surface area contributed by atoms with Crippen molar-refractivity contribution in [2.45, 2.75) is 13.5 Å². The molecule has 0 unspecified atom stereocenters. The lowest BCUT2D eigenvalue weighted by Crippen LogP contribution is -2.48. The van der Waals surface area contributed by atoms with E-state index < -0.39 is 11.6 Å². The molecule has 2 aromatic carbocycles. The Labute approximate surface area is 175 Å². The number of methoxy groups -OCH3 is 2. The van der Waals surface area contributed by atoms with Gasteiger partial charge in [0.2, 0.25) is 5.91 Å². The molecule has 1 saturated heterocycles. The van der Waals surface area contributed by atoms with Gasteiger partial charge in [0.1, 0.15) is 0 Å². The van der Waals surface area contributed by atoms with Crippen LogP contribution in [0.3, 0.4) is 0 Å². The van der Waals surface area contributed by atoms with Crippen LogP contribution in [0.1, 0.15) is 11.1 Å². The number of amides is 1. The van der Waals surface area contributed by atoms with E-state index in [1.807, 2.05) is 17.0 Å². The molecule has 1 aliphatic heterocycles. The molecule has 0 saturated carbocycles. The normalized spacial score (nSPS) is 15.1. The van der Waals surface area contributed by atoms with Crippen LogP contribution in [-0.2, 0) is 11.3 Å². The Morgan fingerprint density at radius 3 is 2.23 bits per heavy atom. The third-order valence-electron chi connectivity index (χ3n) is 5.27. The fourth-order valence-electron chi connectivity index (χ4n) is 3.52. The van der Waals surface area contributed by atoms with Gasteiger partial charge in [0, 0.05) is 44.5 Å². The molecule has 1 fully saturated rings. The van der Waals surface area contributed by atoms with E-state index in [1.165, 1.54) is 11.6 Å². The number of benzene rings is 2. The molecule has 8 heteroatoms. The highest BCUT2D eigenvalue weighted by atomic mass is 19.2. The molecular formula is C22H27F2N3O3. The van der Waals surface area contributed by atoms with E-state index in [4.69, 9.17) is 9.47 Å². The highest BCUT2D eigenvalue weighted by Gasteiger charge is 2.20. The lowest BCUT2D eigenvalue weighted by atomic mass is 10.1. The molecule has 2 aromatic rings. The van der Waals surface area contributed by atoms with Gasteiger partial charge >= 0.3 is 0 Å². The van der Waals surface area contributed by atoms with Crippen molar-refractivity contribution in [3.8, 4) is 11.5 Å². The molecule has 0 aliphatic carbocycles. The van der Waals surface area contributed by atoms with E-state index in [2.05, 4.69) is 17.1 Å². The van der Waals surface area contributed by atoms with Gasteiger partial charge in [-0.3, -0.25) is 14.6 Å². The Kier molecular flexibility index (Phi) is 7.23. The summed E-state index contributed by atoms with van der Waals surface area (Å²) in [5.41, 5.74) is 2.57. The Morgan fingerprint density at radius 1 is 0.967 bits per heavy atom. The molecule has 1 amide bonds. The second-order valence-electron chi connectivity index (χ2n) is 7.36. The van der Waals surface area contributed by atoms with Crippen molar-refractivity contribution in [1.29, 1.82) is 0 Å². The Morgan fingerprint density at radius 2 is 1.60 bits per heavy atom. The Hall–Kier alpha value is -2.71. The van der Waals surface area contributed by atoms with E-state index in [1.54, 1.807) is 14.2 Å². The number of hydrogen-bond acceptors (Lipinski definition) is 5. The summed E-state index contributed by atoms with van der Waals surface area (Å²) in [5, 5.41) is 2.61. The predicted molar refractivity (Wildman–Crippen MR) is 111 cm³/mol. The van der Waals surface area contributed by atoms with Crippen LogP contribution >= 0.6 is 0 Å². The molecule has 30 heavy (non-hydrogen) atoms. The van der Waals surface area contributed by atoms with Gasteiger partial charge in [0.25, 0.3) is 0 Å². The minimum absolute atomic E-state index is 0.211. The summed E-state index contributed by atoms with van der Waals surface area (Å²) in [7, 11) is 3.25. The molecule has 1 N–H and O–H groups in total. The van der Waals surface area contributed by atoms with Crippen molar-refractivity contribution >= 4 is 11.6 Å². The standard InChI is InChI=1S/C22H27F2N3O3/c1-15-10-20(29-2)21(30-3)11-16(15)13-26-6-8-27(9-7-26)14-22(28)25-17-4-5-18(23)19(24)12-17/h4-5,10-12H,6-9,13-14H2,1-3H3,(H,25,28). The summed E-state index contributed by atoms with van der Waals surface area (Å²) in [6.45, 7) is 6.20. The molecule has 0 atom stereocenters. The van der Waals surface area contributed by atoms with E-state index in [-0.39, 0.29) is 18.1 Å². The van der Waals surface area contributed by atoms with E-state index in [0.717, 1.165) is 56.2 Å². The van der Waals surface area contributed by atoms with Gasteiger partial charge < -0.3 is 14.8 Å². The fourth-order valence-corrected chi connectivity index (χ4v) is 3.52. The van der Waals surface area contributed by atoms with Gasteiger partial charge in [-0.25, -0.2) is 8.78 Å². The molecule has 0 aromatic heterocycles. The highest BCUT2D eigenvalue weighted by molar-refractivity contribution is 5.92. The lowest BCUT2D eigenvalue weighted by molar-refractivity contribution is -0.117. The largest absolute Gasteiger partial charge is 0.493 e. The van der Waals surface area contributed by atoms with Crippen LogP contribution in [0.4, 0.5) is 14.5 Å². The zero-order valence-electron chi connectivity index (χ0n) is 17.5. The maximum Gasteiger partial charge on any atom is 0.238 e. The Balaban J connectivity index is 1.50. The van der Waals surface area contributed by atoms with Crippen molar-refractivity contribution in [1.82, 2.24) is 9.80 Å². The maximum atomic E-state index is 13.3. The second kappa shape index (κ2) is 9.86. The average Bonchev–Trinajstić information content (AvgIpc) is 2.73. The SMILES string of the molecule is COc1cc(C)c(CN2CCN(CC(=O)Nc3ccc(F)c(F)c3)CC2)cc1OC. The highest BCUT2D eigenvalue weighted by Crippen LogP contribution is 2.31. The third-order valence-corrected chi connectivity index (χ3v) is 5.27. The first-order chi connectivity index (χ1) is 14.4. The second-order valence-corrected chi connectivity index (χ2v) is 7.36. The van der Waals surface area contributed by atoms with Crippen LogP contribution < -0.4 is 14.8 Å². The summed E-state index contributed by atoms with van der Waals surface area (Å²) in [4.78, 5) is 16.6. The van der Waals surface area contributed by atoms with Gasteiger partial charge in [-0.15, -0.1) is 0 Å². The van der Waals surface area contributed by atoms with Gasteiger partial charge in [-0.05, 0) is 42.3 Å². The monoisotopic (exact) mass is 419 g/mol. The summed E-state index contributed by atoms with van der Waals surface area (Å²) in [5.74, 6) is -0.729. The third kappa shape index (κ3) is 5.46. The fraction of sp³-hybridized carbons (Fsp3) is 0.409. The number of hydrogen-bond donors (Lipinski definition) is 1. The smallest absolute Gasteiger partial charge is 0.238 e. The van der Waals surface area contributed by atoms with Crippen molar-refractivity contribution < 1.29 is 23.0 Å². The zero-order chi connectivity index (χ0) is 21.7. The number of piperazine rings is 1. The van der Waals surface area contributed by atoms with E-state index in [9.17, 15) is 13.6 Å².